The smallest absolute Gasteiger partial charge is 0.264 e. The topological polar surface area (TPSA) is 86.8 Å². The molecule has 0 bridgehead atoms. The van der Waals surface area contributed by atoms with Crippen LogP contribution in [0, 0.1) is 20.8 Å². The van der Waals surface area contributed by atoms with E-state index in [2.05, 4.69) is 5.32 Å². The fourth-order valence-electron chi connectivity index (χ4n) is 4.80. The second-order valence-electron chi connectivity index (χ2n) is 10.7. The Morgan fingerprint density at radius 1 is 0.829 bits per heavy atom. The van der Waals surface area contributed by atoms with E-state index in [1.165, 1.54) is 4.31 Å². The van der Waals surface area contributed by atoms with Gasteiger partial charge in [0, 0.05) is 12.6 Å². The molecule has 2 atom stereocenters. The maximum Gasteiger partial charge on any atom is 0.264 e. The Labute approximate surface area is 245 Å². The van der Waals surface area contributed by atoms with Gasteiger partial charge in [-0.1, -0.05) is 67.9 Å². The number of nitrogens with zero attached hydrogens (tertiary/aromatic N) is 2. The third kappa shape index (κ3) is 8.43. The summed E-state index contributed by atoms with van der Waals surface area (Å²) in [5.41, 5.74) is 4.15. The molecule has 7 nitrogen and oxygen atoms in total. The Bertz CT molecular complexity index is 1400. The van der Waals surface area contributed by atoms with E-state index in [0.717, 1.165) is 28.7 Å². The van der Waals surface area contributed by atoms with Gasteiger partial charge in [-0.3, -0.25) is 13.9 Å². The van der Waals surface area contributed by atoms with Crippen molar-refractivity contribution in [1.29, 1.82) is 0 Å². The van der Waals surface area contributed by atoms with Crippen LogP contribution in [0.5, 0.6) is 0 Å². The molecule has 0 aliphatic carbocycles. The van der Waals surface area contributed by atoms with Gasteiger partial charge >= 0.3 is 0 Å². The van der Waals surface area contributed by atoms with Crippen LogP contribution in [0.3, 0.4) is 0 Å². The molecule has 0 spiro atoms. The van der Waals surface area contributed by atoms with Gasteiger partial charge in [0.1, 0.15) is 12.6 Å². The standard InChI is InChI=1S/C33H43N3O4S/c1-7-27(6)34-33(38)31(8-2)35(19-18-28-12-10-9-11-13-28)32(37)23-36(29-21-25(4)20-26(5)22-29)41(39,40)30-16-14-24(3)15-17-30/h9-17,20-22,27,31H,7-8,18-19,23H2,1-6H3,(H,34,38)/t27-,31+/m1/s1. The zero-order chi connectivity index (χ0) is 30.2. The first-order chi connectivity index (χ1) is 19.5. The second kappa shape index (κ2) is 14.3. The molecule has 0 radical (unpaired) electrons. The number of anilines is 1. The highest BCUT2D eigenvalue weighted by Crippen LogP contribution is 2.27. The lowest BCUT2D eigenvalue weighted by Gasteiger charge is -2.34. The first kappa shape index (κ1) is 31.9. The van der Waals surface area contributed by atoms with Crippen LogP contribution < -0.4 is 9.62 Å². The van der Waals surface area contributed by atoms with Crippen molar-refractivity contribution < 1.29 is 18.0 Å². The van der Waals surface area contributed by atoms with Crippen LogP contribution in [0.1, 0.15) is 55.9 Å². The lowest BCUT2D eigenvalue weighted by Crippen LogP contribution is -2.54. The molecular formula is C33H43N3O4S. The molecule has 0 fully saturated rings. The van der Waals surface area contributed by atoms with Crippen LogP contribution in [-0.4, -0.2) is 50.3 Å². The quantitative estimate of drug-likeness (QED) is 0.288. The Kier molecular flexibility index (Phi) is 11.1. The fourth-order valence-corrected chi connectivity index (χ4v) is 6.20. The molecule has 41 heavy (non-hydrogen) atoms. The largest absolute Gasteiger partial charge is 0.352 e. The average Bonchev–Trinajstić information content (AvgIpc) is 2.93. The summed E-state index contributed by atoms with van der Waals surface area (Å²) in [5, 5.41) is 3.01. The van der Waals surface area contributed by atoms with E-state index in [0.29, 0.717) is 18.5 Å². The number of benzene rings is 3. The highest BCUT2D eigenvalue weighted by Gasteiger charge is 2.33. The first-order valence-corrected chi connectivity index (χ1v) is 15.7. The number of amides is 2. The number of rotatable bonds is 13. The number of aryl methyl sites for hydroxylation is 3. The van der Waals surface area contributed by atoms with Crippen molar-refractivity contribution in [3.63, 3.8) is 0 Å². The summed E-state index contributed by atoms with van der Waals surface area (Å²) in [4.78, 5) is 29.2. The number of carbonyl (C=O) groups excluding carboxylic acids is 2. The third-order valence-electron chi connectivity index (χ3n) is 7.25. The van der Waals surface area contributed by atoms with Gasteiger partial charge in [0.2, 0.25) is 11.8 Å². The molecule has 0 heterocycles. The molecule has 3 aromatic carbocycles. The zero-order valence-electron chi connectivity index (χ0n) is 25.1. The van der Waals surface area contributed by atoms with Crippen molar-refractivity contribution in [2.24, 2.45) is 0 Å². The van der Waals surface area contributed by atoms with Crippen molar-refractivity contribution in [3.8, 4) is 0 Å². The van der Waals surface area contributed by atoms with Crippen molar-refractivity contribution >= 4 is 27.5 Å². The predicted octanol–water partition coefficient (Wildman–Crippen LogP) is 5.57. The molecule has 2 amide bonds. The van der Waals surface area contributed by atoms with Crippen LogP contribution in [0.25, 0.3) is 0 Å². The summed E-state index contributed by atoms with van der Waals surface area (Å²) in [5.74, 6) is -0.662. The molecule has 1 N–H and O–H groups in total. The molecule has 3 rings (SSSR count). The average molecular weight is 578 g/mol. The summed E-state index contributed by atoms with van der Waals surface area (Å²) >= 11 is 0. The maximum atomic E-state index is 14.2. The number of carbonyl (C=O) groups is 2. The number of hydrogen-bond donors (Lipinski definition) is 1. The van der Waals surface area contributed by atoms with Gasteiger partial charge in [-0.25, -0.2) is 8.42 Å². The van der Waals surface area contributed by atoms with Gasteiger partial charge in [0.15, 0.2) is 0 Å². The normalized spacial score (nSPS) is 12.8. The maximum absolute atomic E-state index is 14.2. The predicted molar refractivity (Wildman–Crippen MR) is 165 cm³/mol. The van der Waals surface area contributed by atoms with Crippen LogP contribution in [-0.2, 0) is 26.0 Å². The Morgan fingerprint density at radius 3 is 2.00 bits per heavy atom. The lowest BCUT2D eigenvalue weighted by atomic mass is 10.1. The van der Waals surface area contributed by atoms with E-state index in [-0.39, 0.29) is 23.4 Å². The summed E-state index contributed by atoms with van der Waals surface area (Å²) in [7, 11) is -4.09. The highest BCUT2D eigenvalue weighted by atomic mass is 32.2. The third-order valence-corrected chi connectivity index (χ3v) is 9.04. The lowest BCUT2D eigenvalue weighted by molar-refractivity contribution is -0.139. The van der Waals surface area contributed by atoms with Crippen LogP contribution >= 0.6 is 0 Å². The molecule has 0 saturated heterocycles. The SMILES string of the molecule is CC[C@@H](C)NC(=O)[C@H](CC)N(CCc1ccccc1)C(=O)CN(c1cc(C)cc(C)c1)S(=O)(=O)c1ccc(C)cc1. The molecule has 0 aromatic heterocycles. The zero-order valence-corrected chi connectivity index (χ0v) is 25.9. The van der Waals surface area contributed by atoms with Gasteiger partial charge < -0.3 is 10.2 Å². The van der Waals surface area contributed by atoms with Gasteiger partial charge in [-0.2, -0.15) is 0 Å². The molecule has 0 aliphatic heterocycles. The highest BCUT2D eigenvalue weighted by molar-refractivity contribution is 7.92. The van der Waals surface area contributed by atoms with Crippen molar-refractivity contribution in [2.75, 3.05) is 17.4 Å². The van der Waals surface area contributed by atoms with Gasteiger partial charge in [0.05, 0.1) is 10.6 Å². The molecule has 8 heteroatoms. The van der Waals surface area contributed by atoms with E-state index < -0.39 is 28.5 Å². The van der Waals surface area contributed by atoms with Crippen LogP contribution in [0.2, 0.25) is 0 Å². The van der Waals surface area contributed by atoms with Gasteiger partial charge in [-0.05, 0) is 87.9 Å². The first-order valence-electron chi connectivity index (χ1n) is 14.3. The molecule has 220 valence electrons. The molecule has 0 aliphatic rings. The fraction of sp³-hybridized carbons (Fsp3) is 0.394. The number of hydrogen-bond acceptors (Lipinski definition) is 4. The minimum Gasteiger partial charge on any atom is -0.352 e. The van der Waals surface area contributed by atoms with Gasteiger partial charge in [-0.15, -0.1) is 0 Å². The van der Waals surface area contributed by atoms with Crippen molar-refractivity contribution in [2.45, 2.75) is 77.8 Å². The molecule has 3 aromatic rings. The summed E-state index contributed by atoms with van der Waals surface area (Å²) in [6.45, 7) is 11.3. The minimum absolute atomic E-state index is 0.0451. The minimum atomic E-state index is -4.09. The Hall–Kier alpha value is -3.65. The van der Waals surface area contributed by atoms with Gasteiger partial charge in [0.25, 0.3) is 10.0 Å². The Morgan fingerprint density at radius 2 is 1.44 bits per heavy atom. The number of nitrogens with one attached hydrogen (secondary N) is 1. The summed E-state index contributed by atoms with van der Waals surface area (Å²) in [6, 6.07) is 21.1. The van der Waals surface area contributed by atoms with Crippen molar-refractivity contribution in [1.82, 2.24) is 10.2 Å². The molecule has 0 saturated carbocycles. The number of sulfonamides is 1. The van der Waals surface area contributed by atoms with E-state index >= 15 is 0 Å². The second-order valence-corrected chi connectivity index (χ2v) is 12.6. The van der Waals surface area contributed by atoms with E-state index in [1.807, 2.05) is 77.9 Å². The van der Waals surface area contributed by atoms with E-state index in [1.54, 1.807) is 41.3 Å². The summed E-state index contributed by atoms with van der Waals surface area (Å²) < 4.78 is 29.3. The summed E-state index contributed by atoms with van der Waals surface area (Å²) in [6.07, 6.45) is 1.69. The Balaban J connectivity index is 2.04. The van der Waals surface area contributed by atoms with E-state index in [4.69, 9.17) is 0 Å². The molecular weight excluding hydrogens is 534 g/mol. The van der Waals surface area contributed by atoms with Crippen molar-refractivity contribution in [3.05, 3.63) is 95.1 Å². The van der Waals surface area contributed by atoms with Crippen LogP contribution in [0.4, 0.5) is 5.69 Å². The van der Waals surface area contributed by atoms with Crippen LogP contribution in [0.15, 0.2) is 77.7 Å². The molecule has 0 unspecified atom stereocenters. The van der Waals surface area contributed by atoms with E-state index in [9.17, 15) is 18.0 Å². The monoisotopic (exact) mass is 577 g/mol.